The number of H-pyrrole nitrogens is 1. The molecule has 3 heterocycles. The smallest absolute Gasteiger partial charge is 0.125 e. The number of aryl methyl sites for hydroxylation is 1. The first-order chi connectivity index (χ1) is 14.4. The fourth-order valence-corrected chi connectivity index (χ4v) is 5.12. The summed E-state index contributed by atoms with van der Waals surface area (Å²) in [5.41, 5.74) is 2.98. The van der Waals surface area contributed by atoms with Crippen molar-refractivity contribution in [3.8, 4) is 5.75 Å². The van der Waals surface area contributed by atoms with E-state index in [1.165, 1.54) is 12.1 Å². The van der Waals surface area contributed by atoms with E-state index in [1.54, 1.807) is 6.07 Å². The van der Waals surface area contributed by atoms with Crippen LogP contribution >= 0.6 is 0 Å². The number of nitrogens with one attached hydrogen (secondary N) is 1. The molecule has 0 unspecified atom stereocenters. The highest BCUT2D eigenvalue weighted by Gasteiger charge is 2.43. The number of likely N-dealkylation sites (tertiary alicyclic amines) is 1. The van der Waals surface area contributed by atoms with Crippen molar-refractivity contribution in [2.75, 3.05) is 19.6 Å². The van der Waals surface area contributed by atoms with Gasteiger partial charge in [0.05, 0.1) is 12.2 Å². The maximum atomic E-state index is 13.7. The van der Waals surface area contributed by atoms with E-state index in [0.717, 1.165) is 59.4 Å². The zero-order valence-electron chi connectivity index (χ0n) is 17.1. The Kier molecular flexibility index (Phi) is 4.81. The average molecular weight is 410 g/mol. The minimum Gasteiger partial charge on any atom is -0.487 e. The number of fused-ring (bicyclic) bond motifs is 2. The Bertz CT molecular complexity index is 1070. The Labute approximate surface area is 175 Å². The number of para-hydroxylation sites is 1. The lowest BCUT2D eigenvalue weighted by Crippen LogP contribution is -2.51. The van der Waals surface area contributed by atoms with Gasteiger partial charge in [-0.1, -0.05) is 18.2 Å². The summed E-state index contributed by atoms with van der Waals surface area (Å²) in [6.07, 6.45) is 0.990. The van der Waals surface area contributed by atoms with E-state index in [0.29, 0.717) is 13.0 Å². The van der Waals surface area contributed by atoms with Gasteiger partial charge in [0.15, 0.2) is 0 Å². The van der Waals surface area contributed by atoms with Gasteiger partial charge in [0.25, 0.3) is 0 Å². The minimum atomic E-state index is -0.701. The molecule has 2 atom stereocenters. The van der Waals surface area contributed by atoms with Gasteiger partial charge in [0, 0.05) is 53.8 Å². The van der Waals surface area contributed by atoms with Crippen LogP contribution in [0.2, 0.25) is 0 Å². The number of halogens is 1. The fraction of sp³-hybridized carbons (Fsp3) is 0.417. The lowest BCUT2D eigenvalue weighted by molar-refractivity contribution is -0.0587. The number of piperidine rings is 1. The normalized spacial score (nSPS) is 22.1. The van der Waals surface area contributed by atoms with Crippen LogP contribution in [0.25, 0.3) is 10.9 Å². The Morgan fingerprint density at radius 3 is 2.80 bits per heavy atom. The summed E-state index contributed by atoms with van der Waals surface area (Å²) >= 11 is 0. The summed E-state index contributed by atoms with van der Waals surface area (Å²) in [4.78, 5) is 5.47. The molecule has 158 valence electrons. The molecule has 0 amide bonds. The topological polar surface area (TPSA) is 68.7 Å². The Morgan fingerprint density at radius 1 is 1.23 bits per heavy atom. The number of rotatable bonds is 3. The van der Waals surface area contributed by atoms with E-state index in [9.17, 15) is 14.6 Å². The molecule has 0 bridgehead atoms. The Hall–Kier alpha value is -2.41. The molecule has 5 nitrogen and oxygen atoms in total. The van der Waals surface area contributed by atoms with Gasteiger partial charge < -0.3 is 24.8 Å². The van der Waals surface area contributed by atoms with Crippen LogP contribution in [-0.4, -0.2) is 45.3 Å². The number of aliphatic hydroxyl groups is 2. The average Bonchev–Trinajstić information content (AvgIpc) is 3.05. The van der Waals surface area contributed by atoms with Crippen LogP contribution in [-0.2, 0) is 0 Å². The quantitative estimate of drug-likeness (QED) is 0.611. The highest BCUT2D eigenvalue weighted by molar-refractivity contribution is 5.85. The number of aliphatic hydroxyl groups excluding tert-OH is 2. The number of nitrogens with zero attached hydrogens (tertiary/aromatic N) is 1. The summed E-state index contributed by atoms with van der Waals surface area (Å²) in [6, 6.07) is 12.3. The van der Waals surface area contributed by atoms with Gasteiger partial charge in [-0.15, -0.1) is 0 Å². The number of aromatic amines is 1. The van der Waals surface area contributed by atoms with Gasteiger partial charge in [-0.25, -0.2) is 4.39 Å². The standard InChI is InChI=1S/C24H27FN2O3/c1-15-23(18-12-16(25)6-7-19(18)26-15)21(29)14-27-10-8-24(9-11-27)13-20(28)17-4-2-3-5-22(17)30-24/h2-7,12,20-21,26,28-29H,8-11,13-14H2,1H3/t20-,21-/m1/s1. The number of hydrogen-bond donors (Lipinski definition) is 3. The molecule has 5 rings (SSSR count). The molecular weight excluding hydrogens is 383 g/mol. The highest BCUT2D eigenvalue weighted by atomic mass is 19.1. The molecule has 1 saturated heterocycles. The Balaban J connectivity index is 1.28. The highest BCUT2D eigenvalue weighted by Crippen LogP contribution is 2.44. The van der Waals surface area contributed by atoms with Crippen LogP contribution in [0.1, 0.15) is 48.3 Å². The molecule has 6 heteroatoms. The van der Waals surface area contributed by atoms with E-state index in [-0.39, 0.29) is 11.4 Å². The molecule has 30 heavy (non-hydrogen) atoms. The lowest BCUT2D eigenvalue weighted by atomic mass is 9.81. The van der Waals surface area contributed by atoms with Gasteiger partial charge in [-0.2, -0.15) is 0 Å². The second-order valence-corrected chi connectivity index (χ2v) is 8.71. The minimum absolute atomic E-state index is 0.303. The maximum Gasteiger partial charge on any atom is 0.125 e. The summed E-state index contributed by atoms with van der Waals surface area (Å²) in [6.45, 7) is 3.96. The molecule has 2 aliphatic rings. The van der Waals surface area contributed by atoms with E-state index in [1.807, 2.05) is 31.2 Å². The molecule has 0 saturated carbocycles. The van der Waals surface area contributed by atoms with Gasteiger partial charge >= 0.3 is 0 Å². The molecule has 3 aromatic rings. The first kappa shape index (κ1) is 19.5. The van der Waals surface area contributed by atoms with Crippen molar-refractivity contribution in [2.45, 2.75) is 44.0 Å². The molecule has 1 fully saturated rings. The Morgan fingerprint density at radius 2 is 2.00 bits per heavy atom. The molecule has 1 spiro atoms. The van der Waals surface area contributed by atoms with Crippen molar-refractivity contribution in [1.82, 2.24) is 9.88 Å². The third-order valence-corrected chi connectivity index (χ3v) is 6.70. The third kappa shape index (κ3) is 3.39. The van der Waals surface area contributed by atoms with Crippen LogP contribution in [0.4, 0.5) is 4.39 Å². The van der Waals surface area contributed by atoms with Crippen LogP contribution in [0.3, 0.4) is 0 Å². The van der Waals surface area contributed by atoms with Crippen molar-refractivity contribution in [3.05, 3.63) is 65.1 Å². The summed E-state index contributed by atoms with van der Waals surface area (Å²) < 4.78 is 20.1. The van der Waals surface area contributed by atoms with Crippen molar-refractivity contribution in [2.24, 2.45) is 0 Å². The number of benzene rings is 2. The molecule has 0 radical (unpaired) electrons. The predicted molar refractivity (Wildman–Crippen MR) is 113 cm³/mol. The second-order valence-electron chi connectivity index (χ2n) is 8.71. The SMILES string of the molecule is Cc1[nH]c2ccc(F)cc2c1[C@H](O)CN1CCC2(CC1)C[C@@H](O)c1ccccc1O2. The van der Waals surface area contributed by atoms with Gasteiger partial charge in [-0.05, 0) is 44.0 Å². The second kappa shape index (κ2) is 7.38. The molecule has 2 aliphatic heterocycles. The zero-order valence-corrected chi connectivity index (χ0v) is 17.1. The monoisotopic (exact) mass is 410 g/mol. The van der Waals surface area contributed by atoms with E-state index in [4.69, 9.17) is 4.74 Å². The first-order valence-corrected chi connectivity index (χ1v) is 10.6. The molecule has 3 N–H and O–H groups in total. The number of hydrogen-bond acceptors (Lipinski definition) is 4. The first-order valence-electron chi connectivity index (χ1n) is 10.6. The number of β-amino-alcohol motifs (C(OH)–C–C–N with tert-alkyl or cyclic N) is 1. The summed E-state index contributed by atoms with van der Waals surface area (Å²) in [5, 5.41) is 22.3. The molecular formula is C24H27FN2O3. The lowest BCUT2D eigenvalue weighted by Gasteiger charge is -2.46. The molecule has 2 aromatic carbocycles. The van der Waals surface area contributed by atoms with Crippen molar-refractivity contribution in [3.63, 3.8) is 0 Å². The number of ether oxygens (including phenoxy) is 1. The summed E-state index contributed by atoms with van der Waals surface area (Å²) in [5.74, 6) is 0.476. The van der Waals surface area contributed by atoms with Gasteiger partial charge in [0.1, 0.15) is 17.2 Å². The van der Waals surface area contributed by atoms with E-state index in [2.05, 4.69) is 9.88 Å². The fourth-order valence-electron chi connectivity index (χ4n) is 5.12. The van der Waals surface area contributed by atoms with Crippen molar-refractivity contribution in [1.29, 1.82) is 0 Å². The van der Waals surface area contributed by atoms with Crippen LogP contribution in [0.15, 0.2) is 42.5 Å². The molecule has 0 aliphatic carbocycles. The molecule has 1 aromatic heterocycles. The largest absolute Gasteiger partial charge is 0.487 e. The summed E-state index contributed by atoms with van der Waals surface area (Å²) in [7, 11) is 0. The zero-order chi connectivity index (χ0) is 20.9. The van der Waals surface area contributed by atoms with E-state index >= 15 is 0 Å². The van der Waals surface area contributed by atoms with E-state index < -0.39 is 12.2 Å². The van der Waals surface area contributed by atoms with Crippen LogP contribution in [0, 0.1) is 12.7 Å². The van der Waals surface area contributed by atoms with Crippen molar-refractivity contribution >= 4 is 10.9 Å². The van der Waals surface area contributed by atoms with Crippen LogP contribution < -0.4 is 4.74 Å². The van der Waals surface area contributed by atoms with Gasteiger partial charge in [-0.3, -0.25) is 0 Å². The maximum absolute atomic E-state index is 13.7. The van der Waals surface area contributed by atoms with Crippen molar-refractivity contribution < 1.29 is 19.3 Å². The van der Waals surface area contributed by atoms with Gasteiger partial charge in [0.2, 0.25) is 0 Å². The van der Waals surface area contributed by atoms with Crippen LogP contribution in [0.5, 0.6) is 5.75 Å². The predicted octanol–water partition coefficient (Wildman–Crippen LogP) is 4.00. The number of aromatic nitrogens is 1. The third-order valence-electron chi connectivity index (χ3n) is 6.70.